The summed E-state index contributed by atoms with van der Waals surface area (Å²) in [4.78, 5) is 12.8. The van der Waals surface area contributed by atoms with Crippen molar-refractivity contribution in [2.75, 3.05) is 5.32 Å². The Hall–Kier alpha value is -2.57. The molecule has 0 saturated carbocycles. The van der Waals surface area contributed by atoms with E-state index in [0.29, 0.717) is 22.3 Å². The molecule has 0 aliphatic rings. The Morgan fingerprint density at radius 1 is 1.18 bits per heavy atom. The van der Waals surface area contributed by atoms with Gasteiger partial charge in [0.1, 0.15) is 0 Å². The van der Waals surface area contributed by atoms with Gasteiger partial charge in [-0.15, -0.1) is 10.2 Å². The number of fused-ring (bicyclic) bond motifs is 3. The molecule has 2 aromatic carbocycles. The monoisotopic (exact) mass is 410 g/mol. The van der Waals surface area contributed by atoms with Crippen molar-refractivity contribution in [2.45, 2.75) is 30.7 Å². The minimum atomic E-state index is -0.300. The zero-order chi connectivity index (χ0) is 19.7. The summed E-state index contributed by atoms with van der Waals surface area (Å²) in [5.74, 6) is -0.0806. The number of hydrogen-bond acceptors (Lipinski definition) is 4. The summed E-state index contributed by atoms with van der Waals surface area (Å²) in [7, 11) is 0. The van der Waals surface area contributed by atoms with Crippen LogP contribution in [0.25, 0.3) is 16.6 Å². The Morgan fingerprint density at radius 2 is 2.00 bits per heavy atom. The number of nitrogens with zero attached hydrogens (tertiary/aromatic N) is 3. The highest BCUT2D eigenvalue weighted by Crippen LogP contribution is 2.29. The largest absolute Gasteiger partial charge is 0.325 e. The molecule has 0 saturated heterocycles. The van der Waals surface area contributed by atoms with Gasteiger partial charge >= 0.3 is 0 Å². The van der Waals surface area contributed by atoms with Crippen LogP contribution in [0.1, 0.15) is 18.9 Å². The maximum absolute atomic E-state index is 12.8. The first-order valence-electron chi connectivity index (χ1n) is 9.03. The summed E-state index contributed by atoms with van der Waals surface area (Å²) in [5, 5.41) is 13.7. The molecule has 4 rings (SSSR count). The lowest BCUT2D eigenvalue weighted by molar-refractivity contribution is -0.115. The molecule has 1 unspecified atom stereocenters. The summed E-state index contributed by atoms with van der Waals surface area (Å²) in [6.07, 6.45) is 0.662. The molecule has 142 valence electrons. The van der Waals surface area contributed by atoms with E-state index in [-0.39, 0.29) is 11.2 Å². The van der Waals surface area contributed by atoms with Crippen LogP contribution in [-0.4, -0.2) is 25.8 Å². The van der Waals surface area contributed by atoms with Crippen LogP contribution in [0.4, 0.5) is 5.69 Å². The van der Waals surface area contributed by atoms with Crippen molar-refractivity contribution >= 4 is 51.5 Å². The number of hydrogen-bond donors (Lipinski definition) is 1. The summed E-state index contributed by atoms with van der Waals surface area (Å²) in [6, 6.07) is 17.3. The number of carbonyl (C=O) groups excluding carboxylic acids is 1. The Balaban J connectivity index is 1.66. The van der Waals surface area contributed by atoms with Gasteiger partial charge in [-0.05, 0) is 49.2 Å². The molecule has 0 radical (unpaired) electrons. The van der Waals surface area contributed by atoms with Gasteiger partial charge in [0.15, 0.2) is 10.8 Å². The maximum atomic E-state index is 12.8. The third kappa shape index (κ3) is 3.57. The lowest BCUT2D eigenvalue weighted by Crippen LogP contribution is -2.24. The van der Waals surface area contributed by atoms with E-state index < -0.39 is 0 Å². The first-order valence-corrected chi connectivity index (χ1v) is 10.3. The second-order valence-corrected chi connectivity index (χ2v) is 8.14. The number of aryl methyl sites for hydroxylation is 1. The van der Waals surface area contributed by atoms with Gasteiger partial charge < -0.3 is 5.32 Å². The Labute approximate surface area is 172 Å². The summed E-state index contributed by atoms with van der Waals surface area (Å²) in [6.45, 7) is 4.05. The number of para-hydroxylation sites is 1. The highest BCUT2D eigenvalue weighted by Gasteiger charge is 2.22. The summed E-state index contributed by atoms with van der Waals surface area (Å²) in [5.41, 5.74) is 3.65. The number of amides is 1. The Kier molecular flexibility index (Phi) is 5.24. The molecule has 5 nitrogen and oxygen atoms in total. The first kappa shape index (κ1) is 18.8. The van der Waals surface area contributed by atoms with Crippen molar-refractivity contribution in [3.8, 4) is 0 Å². The van der Waals surface area contributed by atoms with Crippen molar-refractivity contribution in [1.82, 2.24) is 14.6 Å². The number of rotatable bonds is 5. The molecule has 28 heavy (non-hydrogen) atoms. The average molecular weight is 411 g/mol. The molecule has 0 fully saturated rings. The van der Waals surface area contributed by atoms with Crippen LogP contribution in [0.3, 0.4) is 0 Å². The molecule has 0 spiro atoms. The number of nitrogens with one attached hydrogen (secondary N) is 1. The van der Waals surface area contributed by atoms with Crippen LogP contribution in [0.15, 0.2) is 59.8 Å². The molecule has 4 aromatic rings. The third-order valence-corrected chi connectivity index (χ3v) is 6.12. The number of thioether (sulfide) groups is 1. The number of pyridine rings is 1. The minimum absolute atomic E-state index is 0.0806. The van der Waals surface area contributed by atoms with Crippen molar-refractivity contribution in [3.05, 3.63) is 65.2 Å². The Morgan fingerprint density at radius 3 is 2.79 bits per heavy atom. The van der Waals surface area contributed by atoms with E-state index in [0.717, 1.165) is 22.1 Å². The number of anilines is 1. The number of halogens is 1. The van der Waals surface area contributed by atoms with Gasteiger partial charge in [0.05, 0.1) is 10.8 Å². The summed E-state index contributed by atoms with van der Waals surface area (Å²) < 4.78 is 2.02. The van der Waals surface area contributed by atoms with Crippen LogP contribution in [0.5, 0.6) is 0 Å². The molecule has 0 aliphatic heterocycles. The molecule has 0 aliphatic carbocycles. The fourth-order valence-electron chi connectivity index (χ4n) is 3.19. The van der Waals surface area contributed by atoms with Crippen LogP contribution >= 0.6 is 23.4 Å². The van der Waals surface area contributed by atoms with Gasteiger partial charge in [-0.3, -0.25) is 9.20 Å². The van der Waals surface area contributed by atoms with E-state index in [9.17, 15) is 4.79 Å². The fraction of sp³-hybridized carbons (Fsp3) is 0.190. The molecule has 2 heterocycles. The lowest BCUT2D eigenvalue weighted by Gasteiger charge is -2.14. The second kappa shape index (κ2) is 7.81. The van der Waals surface area contributed by atoms with Gasteiger partial charge in [0, 0.05) is 16.1 Å². The van der Waals surface area contributed by atoms with Crippen molar-refractivity contribution in [1.29, 1.82) is 0 Å². The van der Waals surface area contributed by atoms with E-state index in [1.54, 1.807) is 12.1 Å². The highest BCUT2D eigenvalue weighted by molar-refractivity contribution is 8.00. The van der Waals surface area contributed by atoms with Gasteiger partial charge in [-0.1, -0.05) is 54.6 Å². The maximum Gasteiger partial charge on any atom is 0.237 e. The molecule has 1 N–H and O–H groups in total. The van der Waals surface area contributed by atoms with Crippen molar-refractivity contribution in [3.63, 3.8) is 0 Å². The molecule has 1 amide bonds. The SMILES string of the molecule is CCC(Sc1nnc2cc(C)c3ccccc3n12)C(=O)Nc1cccc(Cl)c1. The van der Waals surface area contributed by atoms with Crippen molar-refractivity contribution < 1.29 is 4.79 Å². The minimum Gasteiger partial charge on any atom is -0.325 e. The average Bonchev–Trinajstić information content (AvgIpc) is 3.09. The van der Waals surface area contributed by atoms with Crippen LogP contribution < -0.4 is 5.32 Å². The standard InChI is InChI=1S/C21H19ClN4OS/c1-3-18(20(27)23-15-8-6-7-14(22)12-15)28-21-25-24-19-11-13(2)16-9-4-5-10-17(16)26(19)21/h4-12,18H,3H2,1-2H3,(H,23,27). The highest BCUT2D eigenvalue weighted by atomic mass is 35.5. The zero-order valence-corrected chi connectivity index (χ0v) is 17.1. The quantitative estimate of drug-likeness (QED) is 0.450. The van der Waals surface area contributed by atoms with Crippen LogP contribution in [0.2, 0.25) is 5.02 Å². The van der Waals surface area contributed by atoms with E-state index in [1.807, 2.05) is 41.7 Å². The Bertz CT molecular complexity index is 1170. The van der Waals surface area contributed by atoms with Gasteiger partial charge in [-0.25, -0.2) is 0 Å². The molecule has 2 aromatic heterocycles. The third-order valence-electron chi connectivity index (χ3n) is 4.58. The van der Waals surface area contributed by atoms with E-state index in [4.69, 9.17) is 11.6 Å². The number of aromatic nitrogens is 3. The molecule has 0 bridgehead atoms. The molecule has 1 atom stereocenters. The smallest absolute Gasteiger partial charge is 0.237 e. The first-order chi connectivity index (χ1) is 13.6. The van der Waals surface area contributed by atoms with Gasteiger partial charge in [0.25, 0.3) is 0 Å². The van der Waals surface area contributed by atoms with E-state index >= 15 is 0 Å². The van der Waals surface area contributed by atoms with E-state index in [1.165, 1.54) is 11.8 Å². The predicted molar refractivity (Wildman–Crippen MR) is 115 cm³/mol. The molecular formula is C21H19ClN4OS. The topological polar surface area (TPSA) is 59.3 Å². The van der Waals surface area contributed by atoms with Crippen LogP contribution in [0, 0.1) is 6.92 Å². The summed E-state index contributed by atoms with van der Waals surface area (Å²) >= 11 is 7.43. The van der Waals surface area contributed by atoms with Gasteiger partial charge in [0.2, 0.25) is 5.91 Å². The lowest BCUT2D eigenvalue weighted by atomic mass is 10.1. The number of carbonyl (C=O) groups is 1. The predicted octanol–water partition coefficient (Wildman–Crippen LogP) is 5.35. The van der Waals surface area contributed by atoms with E-state index in [2.05, 4.69) is 34.6 Å². The van der Waals surface area contributed by atoms with Gasteiger partial charge in [-0.2, -0.15) is 0 Å². The number of benzene rings is 2. The zero-order valence-electron chi connectivity index (χ0n) is 15.5. The van der Waals surface area contributed by atoms with Crippen molar-refractivity contribution in [2.24, 2.45) is 0 Å². The fourth-order valence-corrected chi connectivity index (χ4v) is 4.35. The van der Waals surface area contributed by atoms with Crippen LogP contribution in [-0.2, 0) is 4.79 Å². The normalized spacial score (nSPS) is 12.4. The second-order valence-electron chi connectivity index (χ2n) is 6.54. The molecule has 7 heteroatoms. The molecular weight excluding hydrogens is 392 g/mol.